The van der Waals surface area contributed by atoms with E-state index in [1.807, 2.05) is 30.3 Å². The summed E-state index contributed by atoms with van der Waals surface area (Å²) in [5, 5.41) is 9.13. The summed E-state index contributed by atoms with van der Waals surface area (Å²) >= 11 is 7.04. The second kappa shape index (κ2) is 4.27. The maximum absolute atomic E-state index is 11.2. The van der Waals surface area contributed by atoms with Crippen LogP contribution in [0.15, 0.2) is 34.7 Å². The van der Waals surface area contributed by atoms with Crippen LogP contribution in [0, 0.1) is 0 Å². The molecule has 6 nitrogen and oxygen atoms in total. The monoisotopic (exact) mass is 314 g/mol. The zero-order valence-corrected chi connectivity index (χ0v) is 11.7. The van der Waals surface area contributed by atoms with E-state index in [-0.39, 0.29) is 9.49 Å². The van der Waals surface area contributed by atoms with E-state index in [1.165, 1.54) is 4.52 Å². The number of nitrogens with two attached hydrogens (primary N) is 1. The van der Waals surface area contributed by atoms with Crippen molar-refractivity contribution in [3.63, 3.8) is 0 Å². The molecular formula is C10H7ClN4O2S2. The number of sulfonamides is 1. The van der Waals surface area contributed by atoms with Gasteiger partial charge in [0.1, 0.15) is 5.69 Å². The highest BCUT2D eigenvalue weighted by Gasteiger charge is 2.20. The molecule has 9 heteroatoms. The molecule has 98 valence electrons. The molecule has 2 heterocycles. The van der Waals surface area contributed by atoms with Crippen LogP contribution in [0.1, 0.15) is 0 Å². The molecule has 0 radical (unpaired) electrons. The van der Waals surface area contributed by atoms with Crippen molar-refractivity contribution in [2.75, 3.05) is 0 Å². The van der Waals surface area contributed by atoms with Crippen molar-refractivity contribution < 1.29 is 8.42 Å². The van der Waals surface area contributed by atoms with Gasteiger partial charge in [-0.05, 0) is 0 Å². The van der Waals surface area contributed by atoms with Crippen LogP contribution in [0.5, 0.6) is 0 Å². The molecule has 0 unspecified atom stereocenters. The summed E-state index contributed by atoms with van der Waals surface area (Å²) in [4.78, 5) is 4.67. The second-order valence-corrected chi connectivity index (χ2v) is 6.77. The van der Waals surface area contributed by atoms with E-state index in [0.29, 0.717) is 10.7 Å². The third-order valence-electron chi connectivity index (χ3n) is 2.42. The Morgan fingerprint density at radius 3 is 2.53 bits per heavy atom. The average molecular weight is 315 g/mol. The number of hydrogen-bond donors (Lipinski definition) is 1. The minimum Gasteiger partial charge on any atom is -0.223 e. The van der Waals surface area contributed by atoms with Crippen molar-refractivity contribution in [1.29, 1.82) is 0 Å². The lowest BCUT2D eigenvalue weighted by Crippen LogP contribution is -2.12. The van der Waals surface area contributed by atoms with Gasteiger partial charge in [-0.15, -0.1) is 5.10 Å². The SMILES string of the molecule is NS(=O)(=O)c1nn2c(Cl)c(-c3ccccc3)nc2s1. The van der Waals surface area contributed by atoms with E-state index < -0.39 is 10.0 Å². The predicted octanol–water partition coefficient (Wildman–Crippen LogP) is 1.76. The van der Waals surface area contributed by atoms with E-state index in [1.54, 1.807) is 0 Å². The average Bonchev–Trinajstić information content (AvgIpc) is 2.90. The lowest BCUT2D eigenvalue weighted by Gasteiger charge is -1.96. The van der Waals surface area contributed by atoms with Crippen LogP contribution in [-0.2, 0) is 10.0 Å². The van der Waals surface area contributed by atoms with Crippen LogP contribution in [-0.4, -0.2) is 23.0 Å². The quantitative estimate of drug-likeness (QED) is 0.780. The van der Waals surface area contributed by atoms with Crippen molar-refractivity contribution in [2.24, 2.45) is 5.14 Å². The minimum absolute atomic E-state index is 0.212. The highest BCUT2D eigenvalue weighted by Crippen LogP contribution is 2.30. The summed E-state index contributed by atoms with van der Waals surface area (Å²) < 4.78 is 23.5. The fraction of sp³-hybridized carbons (Fsp3) is 0. The Kier molecular flexibility index (Phi) is 2.82. The van der Waals surface area contributed by atoms with Crippen LogP contribution in [0.4, 0.5) is 0 Å². The van der Waals surface area contributed by atoms with E-state index >= 15 is 0 Å². The van der Waals surface area contributed by atoms with Gasteiger partial charge in [0.15, 0.2) is 5.15 Å². The van der Waals surface area contributed by atoms with Crippen LogP contribution in [0.2, 0.25) is 5.15 Å². The van der Waals surface area contributed by atoms with Gasteiger partial charge < -0.3 is 0 Å². The van der Waals surface area contributed by atoms with Gasteiger partial charge in [-0.3, -0.25) is 0 Å². The Balaban J connectivity index is 2.21. The van der Waals surface area contributed by atoms with Gasteiger partial charge in [0, 0.05) is 5.56 Å². The number of nitrogens with zero attached hydrogens (tertiary/aromatic N) is 3. The van der Waals surface area contributed by atoms with Crippen molar-refractivity contribution >= 4 is 37.9 Å². The fourth-order valence-corrected chi connectivity index (χ4v) is 3.44. The maximum atomic E-state index is 11.2. The van der Waals surface area contributed by atoms with Crippen molar-refractivity contribution in [2.45, 2.75) is 4.34 Å². The fourth-order valence-electron chi connectivity index (χ4n) is 1.60. The molecule has 0 aliphatic heterocycles. The molecule has 0 saturated heterocycles. The molecule has 0 amide bonds. The molecule has 0 aliphatic carbocycles. The standard InChI is InChI=1S/C10H7ClN4O2S2/c11-8-7(6-4-2-1-3-5-6)13-9-15(8)14-10(18-9)19(12,16)17/h1-5H,(H2,12,16,17). The molecule has 0 saturated carbocycles. The summed E-state index contributed by atoms with van der Waals surface area (Å²) in [6, 6.07) is 9.33. The molecular weight excluding hydrogens is 308 g/mol. The van der Waals surface area contributed by atoms with Gasteiger partial charge in [0.05, 0.1) is 0 Å². The molecule has 19 heavy (non-hydrogen) atoms. The Morgan fingerprint density at radius 1 is 1.26 bits per heavy atom. The number of benzene rings is 1. The van der Waals surface area contributed by atoms with Crippen LogP contribution in [0.3, 0.4) is 0 Å². The molecule has 2 aromatic heterocycles. The third kappa shape index (κ3) is 2.12. The van der Waals surface area contributed by atoms with Crippen LogP contribution >= 0.6 is 22.9 Å². The number of halogens is 1. The zero-order valence-electron chi connectivity index (χ0n) is 9.32. The Bertz CT molecular complexity index is 854. The number of rotatable bonds is 2. The van der Waals surface area contributed by atoms with Gasteiger partial charge in [0.25, 0.3) is 10.0 Å². The van der Waals surface area contributed by atoms with Gasteiger partial charge in [0.2, 0.25) is 9.30 Å². The largest absolute Gasteiger partial charge is 0.267 e. The summed E-state index contributed by atoms with van der Waals surface area (Å²) in [5.74, 6) is 0. The number of fused-ring (bicyclic) bond motifs is 1. The Morgan fingerprint density at radius 2 is 1.95 bits per heavy atom. The van der Waals surface area contributed by atoms with Gasteiger partial charge in [-0.1, -0.05) is 53.3 Å². The summed E-state index contributed by atoms with van der Waals surface area (Å²) in [6.07, 6.45) is 0. The Labute approximate surface area is 117 Å². The number of imidazole rings is 1. The first-order chi connectivity index (χ1) is 8.97. The molecule has 0 spiro atoms. The van der Waals surface area contributed by atoms with Gasteiger partial charge in [-0.2, -0.15) is 4.52 Å². The molecule has 0 fully saturated rings. The molecule has 0 bridgehead atoms. The first kappa shape index (κ1) is 12.5. The van der Waals surface area contributed by atoms with Crippen molar-refractivity contribution in [3.05, 3.63) is 35.5 Å². The van der Waals surface area contributed by atoms with Gasteiger partial charge in [-0.25, -0.2) is 18.5 Å². The third-order valence-corrected chi connectivity index (χ3v) is 4.98. The van der Waals surface area contributed by atoms with E-state index in [0.717, 1.165) is 16.9 Å². The maximum Gasteiger partial charge on any atom is 0.267 e. The first-order valence-electron chi connectivity index (χ1n) is 5.10. The highest BCUT2D eigenvalue weighted by atomic mass is 35.5. The molecule has 3 rings (SSSR count). The summed E-state index contributed by atoms with van der Waals surface area (Å²) in [5.41, 5.74) is 1.39. The normalized spacial score (nSPS) is 12.1. The topological polar surface area (TPSA) is 90.4 Å². The molecule has 0 atom stereocenters. The van der Waals surface area contributed by atoms with E-state index in [2.05, 4.69) is 10.1 Å². The van der Waals surface area contributed by atoms with Crippen molar-refractivity contribution in [3.8, 4) is 11.3 Å². The zero-order chi connectivity index (χ0) is 13.6. The number of aromatic nitrogens is 3. The Hall–Kier alpha value is -1.48. The summed E-state index contributed by atoms with van der Waals surface area (Å²) in [7, 11) is -3.84. The molecule has 2 N–H and O–H groups in total. The number of primary sulfonamides is 1. The smallest absolute Gasteiger partial charge is 0.223 e. The van der Waals surface area contributed by atoms with Crippen LogP contribution < -0.4 is 5.14 Å². The lowest BCUT2D eigenvalue weighted by molar-refractivity contribution is 0.595. The van der Waals surface area contributed by atoms with Crippen LogP contribution in [0.25, 0.3) is 16.2 Å². The minimum atomic E-state index is -3.84. The van der Waals surface area contributed by atoms with Gasteiger partial charge >= 0.3 is 0 Å². The highest BCUT2D eigenvalue weighted by molar-refractivity contribution is 7.91. The second-order valence-electron chi connectivity index (χ2n) is 3.72. The molecule has 0 aliphatic rings. The van der Waals surface area contributed by atoms with Crippen molar-refractivity contribution in [1.82, 2.24) is 14.6 Å². The number of hydrogen-bond acceptors (Lipinski definition) is 5. The van der Waals surface area contributed by atoms with E-state index in [9.17, 15) is 8.42 Å². The summed E-state index contributed by atoms with van der Waals surface area (Å²) in [6.45, 7) is 0. The van der Waals surface area contributed by atoms with E-state index in [4.69, 9.17) is 16.7 Å². The lowest BCUT2D eigenvalue weighted by atomic mass is 10.2. The molecule has 1 aromatic carbocycles. The predicted molar refractivity (Wildman–Crippen MR) is 72.7 cm³/mol. The first-order valence-corrected chi connectivity index (χ1v) is 7.84. The molecule has 3 aromatic rings.